The zero-order chi connectivity index (χ0) is 13.8. The number of nitrogens with one attached hydrogen (secondary N) is 1. The van der Waals surface area contributed by atoms with Gasteiger partial charge in [0.25, 0.3) is 0 Å². The molecule has 0 saturated heterocycles. The maximum Gasteiger partial charge on any atom is 0.0914 e. The van der Waals surface area contributed by atoms with Gasteiger partial charge in [-0.25, -0.2) is 4.98 Å². The van der Waals surface area contributed by atoms with E-state index in [-0.39, 0.29) is 0 Å². The maximum absolute atomic E-state index is 4.66. The van der Waals surface area contributed by atoms with Crippen LogP contribution in [0.1, 0.15) is 0 Å². The molecule has 3 aromatic heterocycles. The van der Waals surface area contributed by atoms with Crippen LogP contribution in [-0.4, -0.2) is 22.0 Å². The third kappa shape index (κ3) is 2.49. The van der Waals surface area contributed by atoms with Crippen molar-refractivity contribution in [1.29, 1.82) is 0 Å². The first kappa shape index (κ1) is 12.3. The molecule has 0 atom stereocenters. The minimum absolute atomic E-state index is 0.832. The van der Waals surface area contributed by atoms with Crippen LogP contribution in [-0.2, 0) is 0 Å². The Labute approximate surface area is 117 Å². The highest BCUT2D eigenvalue weighted by Gasteiger charge is 2.07. The van der Waals surface area contributed by atoms with Crippen molar-refractivity contribution in [1.82, 2.24) is 15.0 Å². The molecule has 1 N–H and O–H groups in total. The number of hydrogen-bond acceptors (Lipinski definition) is 4. The third-order valence-electron chi connectivity index (χ3n) is 2.97. The van der Waals surface area contributed by atoms with Crippen LogP contribution in [0.15, 0.2) is 60.9 Å². The quantitative estimate of drug-likeness (QED) is 0.787. The average molecular weight is 262 g/mol. The summed E-state index contributed by atoms with van der Waals surface area (Å²) < 4.78 is 0. The lowest BCUT2D eigenvalue weighted by atomic mass is 10.1. The normalized spacial score (nSPS) is 10.2. The van der Waals surface area contributed by atoms with E-state index in [9.17, 15) is 0 Å². The first-order valence-electron chi connectivity index (χ1n) is 6.39. The lowest BCUT2D eigenvalue weighted by molar-refractivity contribution is 1.22. The van der Waals surface area contributed by atoms with E-state index in [2.05, 4.69) is 20.3 Å². The molecule has 0 aliphatic carbocycles. The summed E-state index contributed by atoms with van der Waals surface area (Å²) in [5.41, 5.74) is 4.35. The highest BCUT2D eigenvalue weighted by molar-refractivity contribution is 5.68. The van der Waals surface area contributed by atoms with E-state index in [1.807, 2.05) is 55.6 Å². The summed E-state index contributed by atoms with van der Waals surface area (Å²) in [7, 11) is 1.89. The van der Waals surface area contributed by atoms with Gasteiger partial charge in [0, 0.05) is 25.1 Å². The fourth-order valence-corrected chi connectivity index (χ4v) is 1.97. The molecule has 4 nitrogen and oxygen atoms in total. The Hall–Kier alpha value is -2.75. The average Bonchev–Trinajstić information content (AvgIpc) is 2.56. The Kier molecular flexibility index (Phi) is 3.37. The van der Waals surface area contributed by atoms with Gasteiger partial charge >= 0.3 is 0 Å². The third-order valence-corrected chi connectivity index (χ3v) is 2.97. The number of rotatable bonds is 3. The van der Waals surface area contributed by atoms with Gasteiger partial charge in [-0.3, -0.25) is 9.97 Å². The van der Waals surface area contributed by atoms with Crippen molar-refractivity contribution < 1.29 is 0 Å². The fourth-order valence-electron chi connectivity index (χ4n) is 1.97. The summed E-state index contributed by atoms with van der Waals surface area (Å²) in [6, 6.07) is 15.6. The molecule has 3 rings (SSSR count). The van der Waals surface area contributed by atoms with Gasteiger partial charge < -0.3 is 5.32 Å². The Bertz CT molecular complexity index is 638. The molecular weight excluding hydrogens is 248 g/mol. The van der Waals surface area contributed by atoms with Crippen LogP contribution in [0, 0.1) is 0 Å². The molecule has 0 unspecified atom stereocenters. The molecule has 0 fully saturated rings. The van der Waals surface area contributed by atoms with Crippen molar-refractivity contribution in [3.8, 4) is 22.8 Å². The van der Waals surface area contributed by atoms with E-state index < -0.39 is 0 Å². The Morgan fingerprint density at radius 2 is 1.30 bits per heavy atom. The van der Waals surface area contributed by atoms with Crippen LogP contribution in [0.3, 0.4) is 0 Å². The second-order valence-electron chi connectivity index (χ2n) is 4.31. The maximum atomic E-state index is 4.66. The number of nitrogens with zero attached hydrogens (tertiary/aromatic N) is 3. The van der Waals surface area contributed by atoms with E-state index in [0.717, 1.165) is 28.5 Å². The van der Waals surface area contributed by atoms with Gasteiger partial charge in [-0.1, -0.05) is 12.1 Å². The lowest BCUT2D eigenvalue weighted by Gasteiger charge is -2.08. The molecule has 20 heavy (non-hydrogen) atoms. The van der Waals surface area contributed by atoms with E-state index in [1.165, 1.54) is 0 Å². The van der Waals surface area contributed by atoms with Crippen molar-refractivity contribution in [2.45, 2.75) is 0 Å². The van der Waals surface area contributed by atoms with E-state index in [4.69, 9.17) is 0 Å². The zero-order valence-electron chi connectivity index (χ0n) is 11.1. The Balaban J connectivity index is 2.13. The van der Waals surface area contributed by atoms with Gasteiger partial charge in [0.05, 0.1) is 22.8 Å². The first-order chi connectivity index (χ1) is 9.86. The number of pyridine rings is 3. The molecule has 0 aliphatic rings. The summed E-state index contributed by atoms with van der Waals surface area (Å²) >= 11 is 0. The van der Waals surface area contributed by atoms with Crippen LogP contribution in [0.2, 0.25) is 0 Å². The number of anilines is 1. The summed E-state index contributed by atoms with van der Waals surface area (Å²) in [4.78, 5) is 13.4. The Morgan fingerprint density at radius 1 is 0.750 bits per heavy atom. The van der Waals surface area contributed by atoms with Gasteiger partial charge in [-0.05, 0) is 36.4 Å². The van der Waals surface area contributed by atoms with Crippen LogP contribution < -0.4 is 5.32 Å². The Morgan fingerprint density at radius 3 is 1.70 bits per heavy atom. The van der Waals surface area contributed by atoms with Gasteiger partial charge in [0.2, 0.25) is 0 Å². The van der Waals surface area contributed by atoms with E-state index >= 15 is 0 Å². The topological polar surface area (TPSA) is 50.7 Å². The summed E-state index contributed by atoms with van der Waals surface area (Å²) in [6.45, 7) is 0. The molecule has 0 aromatic carbocycles. The second kappa shape index (κ2) is 5.48. The van der Waals surface area contributed by atoms with Crippen LogP contribution in [0.5, 0.6) is 0 Å². The van der Waals surface area contributed by atoms with Crippen LogP contribution in [0.25, 0.3) is 22.8 Å². The summed E-state index contributed by atoms with van der Waals surface area (Å²) in [6.07, 6.45) is 3.53. The highest BCUT2D eigenvalue weighted by Crippen LogP contribution is 2.24. The molecule has 0 radical (unpaired) electrons. The monoisotopic (exact) mass is 262 g/mol. The predicted molar refractivity (Wildman–Crippen MR) is 80.2 cm³/mol. The predicted octanol–water partition coefficient (Wildman–Crippen LogP) is 3.25. The van der Waals surface area contributed by atoms with Crippen molar-refractivity contribution in [2.75, 3.05) is 12.4 Å². The summed E-state index contributed by atoms with van der Waals surface area (Å²) in [5, 5.41) is 3.15. The molecule has 0 saturated carbocycles. The van der Waals surface area contributed by atoms with Crippen molar-refractivity contribution in [2.24, 2.45) is 0 Å². The van der Waals surface area contributed by atoms with Crippen molar-refractivity contribution in [3.05, 3.63) is 60.9 Å². The van der Waals surface area contributed by atoms with E-state index in [1.54, 1.807) is 12.4 Å². The largest absolute Gasteiger partial charge is 0.388 e. The highest BCUT2D eigenvalue weighted by atomic mass is 14.9. The van der Waals surface area contributed by atoms with Gasteiger partial charge in [-0.2, -0.15) is 0 Å². The van der Waals surface area contributed by atoms with Gasteiger partial charge in [0.1, 0.15) is 0 Å². The molecule has 0 spiro atoms. The molecule has 0 bridgehead atoms. The van der Waals surface area contributed by atoms with Crippen molar-refractivity contribution >= 4 is 5.69 Å². The molecule has 3 heterocycles. The van der Waals surface area contributed by atoms with Gasteiger partial charge in [0.15, 0.2) is 0 Å². The lowest BCUT2D eigenvalue weighted by Crippen LogP contribution is -1.96. The first-order valence-corrected chi connectivity index (χ1v) is 6.39. The molecule has 0 aliphatic heterocycles. The zero-order valence-corrected chi connectivity index (χ0v) is 11.1. The molecule has 0 amide bonds. The van der Waals surface area contributed by atoms with Crippen LogP contribution in [0.4, 0.5) is 5.69 Å². The molecule has 4 heteroatoms. The number of hydrogen-bond donors (Lipinski definition) is 1. The second-order valence-corrected chi connectivity index (χ2v) is 4.31. The minimum atomic E-state index is 0.832. The molecular formula is C16H14N4. The van der Waals surface area contributed by atoms with Gasteiger partial charge in [-0.15, -0.1) is 0 Å². The standard InChI is InChI=1S/C16H14N4/c1-17-12-10-15(13-6-2-4-8-18-13)20-16(11-12)14-7-3-5-9-19-14/h2-11H,1H3,(H,17,20). The smallest absolute Gasteiger partial charge is 0.0914 e. The SMILES string of the molecule is CNc1cc(-c2ccccn2)nc(-c2ccccn2)c1. The molecule has 3 aromatic rings. The number of aromatic nitrogens is 3. The minimum Gasteiger partial charge on any atom is -0.388 e. The van der Waals surface area contributed by atoms with E-state index in [0.29, 0.717) is 0 Å². The fraction of sp³-hybridized carbons (Fsp3) is 0.0625. The van der Waals surface area contributed by atoms with Crippen molar-refractivity contribution in [3.63, 3.8) is 0 Å². The van der Waals surface area contributed by atoms with Crippen LogP contribution >= 0.6 is 0 Å². The summed E-state index contributed by atoms with van der Waals surface area (Å²) in [5.74, 6) is 0. The molecule has 98 valence electrons.